The van der Waals surface area contributed by atoms with E-state index in [1.54, 1.807) is 6.07 Å². The minimum absolute atomic E-state index is 0.0295. The van der Waals surface area contributed by atoms with Crippen LogP contribution in [0.3, 0.4) is 0 Å². The second-order valence-corrected chi connectivity index (χ2v) is 6.71. The third-order valence-corrected chi connectivity index (χ3v) is 4.68. The van der Waals surface area contributed by atoms with E-state index in [0.29, 0.717) is 18.1 Å². The molecule has 0 aliphatic carbocycles. The average Bonchev–Trinajstić information content (AvgIpc) is 3.16. The summed E-state index contributed by atoms with van der Waals surface area (Å²) in [5.41, 5.74) is 1.85. The van der Waals surface area contributed by atoms with Gasteiger partial charge in [0, 0.05) is 22.1 Å². The number of anilines is 1. The molecule has 0 fully saturated rings. The van der Waals surface area contributed by atoms with Gasteiger partial charge in [0.2, 0.25) is 0 Å². The predicted molar refractivity (Wildman–Crippen MR) is 93.9 cm³/mol. The first-order valence-electron chi connectivity index (χ1n) is 7.73. The Balaban J connectivity index is 1.93. The van der Waals surface area contributed by atoms with Gasteiger partial charge in [-0.25, -0.2) is 4.68 Å². The minimum atomic E-state index is -4.44. The quantitative estimate of drug-likeness (QED) is 0.625. The van der Waals surface area contributed by atoms with Gasteiger partial charge in [-0.05, 0) is 30.7 Å². The molecular formula is C18H13BrF3N3. The lowest BCUT2D eigenvalue weighted by molar-refractivity contribution is -0.137. The van der Waals surface area contributed by atoms with Crippen LogP contribution >= 0.6 is 15.9 Å². The van der Waals surface area contributed by atoms with Gasteiger partial charge in [0.05, 0.1) is 16.9 Å². The highest BCUT2D eigenvalue weighted by molar-refractivity contribution is 9.10. The minimum Gasteiger partial charge on any atom is -0.369 e. The number of hydrogen-bond donors (Lipinski definition) is 1. The largest absolute Gasteiger partial charge is 0.418 e. The van der Waals surface area contributed by atoms with Gasteiger partial charge in [-0.2, -0.15) is 18.3 Å². The van der Waals surface area contributed by atoms with Crippen LogP contribution in [-0.4, -0.2) is 16.3 Å². The van der Waals surface area contributed by atoms with Crippen molar-refractivity contribution in [3.05, 3.63) is 64.1 Å². The Morgan fingerprint density at radius 2 is 1.88 bits per heavy atom. The van der Waals surface area contributed by atoms with Crippen molar-refractivity contribution in [3.63, 3.8) is 0 Å². The maximum Gasteiger partial charge on any atom is 0.418 e. The number of halogens is 4. The Morgan fingerprint density at radius 3 is 2.64 bits per heavy atom. The molecule has 0 saturated heterocycles. The highest BCUT2D eigenvalue weighted by Gasteiger charge is 2.35. The fourth-order valence-electron chi connectivity index (χ4n) is 3.11. The van der Waals surface area contributed by atoms with Crippen LogP contribution in [0.5, 0.6) is 0 Å². The number of aromatic nitrogens is 2. The molecule has 25 heavy (non-hydrogen) atoms. The van der Waals surface area contributed by atoms with Crippen molar-refractivity contribution in [2.24, 2.45) is 0 Å². The SMILES string of the molecule is FC(F)(F)c1ccccc1-n1nc(-c2cccc(Br)c2)c2c1NCC2. The van der Waals surface area contributed by atoms with Crippen molar-refractivity contribution in [2.75, 3.05) is 11.9 Å². The molecule has 0 bridgehead atoms. The zero-order valence-electron chi connectivity index (χ0n) is 12.9. The molecule has 1 aromatic heterocycles. The van der Waals surface area contributed by atoms with E-state index in [0.717, 1.165) is 28.1 Å². The van der Waals surface area contributed by atoms with Crippen LogP contribution in [0.1, 0.15) is 11.1 Å². The first-order chi connectivity index (χ1) is 11.9. The van der Waals surface area contributed by atoms with E-state index >= 15 is 0 Å². The fourth-order valence-corrected chi connectivity index (χ4v) is 3.51. The third kappa shape index (κ3) is 2.82. The van der Waals surface area contributed by atoms with E-state index in [1.165, 1.54) is 16.8 Å². The number of hydrogen-bond acceptors (Lipinski definition) is 2. The Kier molecular flexibility index (Phi) is 3.83. The van der Waals surface area contributed by atoms with E-state index < -0.39 is 11.7 Å². The molecule has 1 aliphatic rings. The lowest BCUT2D eigenvalue weighted by Gasteiger charge is -2.14. The number of alkyl halides is 3. The molecular weight excluding hydrogens is 395 g/mol. The molecule has 3 aromatic rings. The van der Waals surface area contributed by atoms with Gasteiger partial charge in [0.1, 0.15) is 5.82 Å². The van der Waals surface area contributed by atoms with Crippen LogP contribution in [-0.2, 0) is 12.6 Å². The second kappa shape index (κ2) is 5.91. The lowest BCUT2D eigenvalue weighted by Crippen LogP contribution is -2.13. The van der Waals surface area contributed by atoms with Crippen molar-refractivity contribution in [3.8, 4) is 16.9 Å². The summed E-state index contributed by atoms with van der Waals surface area (Å²) < 4.78 is 42.5. The monoisotopic (exact) mass is 407 g/mol. The number of nitrogens with zero attached hydrogens (tertiary/aromatic N) is 2. The summed E-state index contributed by atoms with van der Waals surface area (Å²) in [5, 5.41) is 7.69. The maximum absolute atomic E-state index is 13.4. The molecule has 4 rings (SSSR count). The summed E-state index contributed by atoms with van der Waals surface area (Å²) in [5.74, 6) is 0.631. The number of rotatable bonds is 2. The summed E-state index contributed by atoms with van der Waals surface area (Å²) in [6.45, 7) is 0.683. The van der Waals surface area contributed by atoms with Crippen molar-refractivity contribution >= 4 is 21.7 Å². The molecule has 1 aliphatic heterocycles. The Bertz CT molecular complexity index is 947. The number of fused-ring (bicyclic) bond motifs is 1. The highest BCUT2D eigenvalue weighted by Crippen LogP contribution is 2.39. The fraction of sp³-hybridized carbons (Fsp3) is 0.167. The summed E-state index contributed by atoms with van der Waals surface area (Å²) in [4.78, 5) is 0. The van der Waals surface area contributed by atoms with E-state index in [1.807, 2.05) is 24.3 Å². The second-order valence-electron chi connectivity index (χ2n) is 5.79. The molecule has 0 spiro atoms. The molecule has 2 aromatic carbocycles. The van der Waals surface area contributed by atoms with Crippen molar-refractivity contribution in [1.29, 1.82) is 0 Å². The van der Waals surface area contributed by atoms with Gasteiger partial charge in [-0.3, -0.25) is 0 Å². The first kappa shape index (κ1) is 16.2. The predicted octanol–water partition coefficient (Wildman–Crippen LogP) is 5.29. The molecule has 7 heteroatoms. The Morgan fingerprint density at radius 1 is 1.08 bits per heavy atom. The van der Waals surface area contributed by atoms with Gasteiger partial charge in [0.15, 0.2) is 0 Å². The standard InChI is InChI=1S/C18H13BrF3N3/c19-12-5-3-4-11(10-12)16-13-8-9-23-17(13)25(24-16)15-7-2-1-6-14(15)18(20,21)22/h1-7,10,23H,8-9H2. The van der Waals surface area contributed by atoms with Crippen LogP contribution in [0.4, 0.5) is 19.0 Å². The van der Waals surface area contributed by atoms with Crippen molar-refractivity contribution < 1.29 is 13.2 Å². The molecule has 0 unspecified atom stereocenters. The van der Waals surface area contributed by atoms with Crippen molar-refractivity contribution in [1.82, 2.24) is 9.78 Å². The van der Waals surface area contributed by atoms with Crippen LogP contribution in [0.25, 0.3) is 16.9 Å². The summed E-state index contributed by atoms with van der Waals surface area (Å²) in [6, 6.07) is 13.1. The van der Waals surface area contributed by atoms with Crippen LogP contribution < -0.4 is 5.32 Å². The van der Waals surface area contributed by atoms with Gasteiger partial charge < -0.3 is 5.32 Å². The number of nitrogens with one attached hydrogen (secondary N) is 1. The smallest absolute Gasteiger partial charge is 0.369 e. The topological polar surface area (TPSA) is 29.9 Å². The average molecular weight is 408 g/mol. The maximum atomic E-state index is 13.4. The Hall–Kier alpha value is -2.28. The molecule has 1 N–H and O–H groups in total. The number of para-hydroxylation sites is 1. The van der Waals surface area contributed by atoms with Crippen LogP contribution in [0.15, 0.2) is 53.0 Å². The van der Waals surface area contributed by atoms with E-state index in [9.17, 15) is 13.2 Å². The van der Waals surface area contributed by atoms with E-state index in [2.05, 4.69) is 26.3 Å². The summed E-state index contributed by atoms with van der Waals surface area (Å²) in [7, 11) is 0. The van der Waals surface area contributed by atoms with Gasteiger partial charge in [-0.1, -0.05) is 40.2 Å². The van der Waals surface area contributed by atoms with Gasteiger partial charge in [0.25, 0.3) is 0 Å². The third-order valence-electron chi connectivity index (χ3n) is 4.19. The zero-order chi connectivity index (χ0) is 17.6. The number of benzene rings is 2. The van der Waals surface area contributed by atoms with Crippen molar-refractivity contribution in [2.45, 2.75) is 12.6 Å². The molecule has 128 valence electrons. The van der Waals surface area contributed by atoms with E-state index in [4.69, 9.17) is 0 Å². The molecule has 3 nitrogen and oxygen atoms in total. The van der Waals surface area contributed by atoms with E-state index in [-0.39, 0.29) is 5.69 Å². The lowest BCUT2D eigenvalue weighted by atomic mass is 10.1. The summed E-state index contributed by atoms with van der Waals surface area (Å²) in [6.07, 6.45) is -3.71. The van der Waals surface area contributed by atoms with Crippen LogP contribution in [0, 0.1) is 0 Å². The first-order valence-corrected chi connectivity index (χ1v) is 8.53. The highest BCUT2D eigenvalue weighted by atomic mass is 79.9. The van der Waals surface area contributed by atoms with Gasteiger partial charge in [-0.15, -0.1) is 0 Å². The molecule has 2 heterocycles. The zero-order valence-corrected chi connectivity index (χ0v) is 14.5. The van der Waals surface area contributed by atoms with Crippen LogP contribution in [0.2, 0.25) is 0 Å². The molecule has 0 amide bonds. The molecule has 0 saturated carbocycles. The molecule has 0 atom stereocenters. The normalized spacial score (nSPS) is 13.6. The summed E-state index contributed by atoms with van der Waals surface area (Å²) >= 11 is 3.43. The molecule has 0 radical (unpaired) electrons. The van der Waals surface area contributed by atoms with Gasteiger partial charge >= 0.3 is 6.18 Å². The Labute approximate surface area is 150 Å².